The van der Waals surface area contributed by atoms with Gasteiger partial charge in [0.15, 0.2) is 0 Å². The van der Waals surface area contributed by atoms with Crippen molar-refractivity contribution in [2.75, 3.05) is 0 Å². The summed E-state index contributed by atoms with van der Waals surface area (Å²) < 4.78 is 5.30. The van der Waals surface area contributed by atoms with Crippen LogP contribution in [-0.4, -0.2) is 18.1 Å². The summed E-state index contributed by atoms with van der Waals surface area (Å²) in [6.07, 6.45) is 4.69. The summed E-state index contributed by atoms with van der Waals surface area (Å²) >= 11 is 0. The quantitative estimate of drug-likeness (QED) is 0.662. The number of carbonyl (C=O) groups excluding carboxylic acids is 1. The van der Waals surface area contributed by atoms with Crippen LogP contribution in [0.3, 0.4) is 0 Å². The Balaban J connectivity index is 2.38. The van der Waals surface area contributed by atoms with E-state index in [1.54, 1.807) is 6.92 Å². The van der Waals surface area contributed by atoms with Crippen molar-refractivity contribution in [1.29, 1.82) is 0 Å². The van der Waals surface area contributed by atoms with Gasteiger partial charge < -0.3 is 10.5 Å². The fraction of sp³-hybridized carbons (Fsp3) is 0.900. The van der Waals surface area contributed by atoms with E-state index in [-0.39, 0.29) is 12.1 Å². The molecule has 0 aliphatic heterocycles. The number of rotatable bonds is 2. The van der Waals surface area contributed by atoms with Crippen LogP contribution >= 0.6 is 0 Å². The Morgan fingerprint density at radius 3 is 2.62 bits per heavy atom. The molecule has 1 saturated carbocycles. The van der Waals surface area contributed by atoms with Gasteiger partial charge in [-0.2, -0.15) is 0 Å². The van der Waals surface area contributed by atoms with Crippen LogP contribution in [0.2, 0.25) is 0 Å². The molecule has 0 bridgehead atoms. The number of hydrogen-bond donors (Lipinski definition) is 1. The molecule has 3 heteroatoms. The SMILES string of the molecule is C[C@H](N)C(=O)O[C@@H]1CCCC[C@H]1C. The second-order valence-electron chi connectivity index (χ2n) is 4.03. The van der Waals surface area contributed by atoms with Gasteiger partial charge in [-0.15, -0.1) is 0 Å². The Hall–Kier alpha value is -0.570. The van der Waals surface area contributed by atoms with Gasteiger partial charge in [-0.3, -0.25) is 4.79 Å². The van der Waals surface area contributed by atoms with Gasteiger partial charge in [0.05, 0.1) is 0 Å². The summed E-state index contributed by atoms with van der Waals surface area (Å²) in [5.41, 5.74) is 5.42. The summed E-state index contributed by atoms with van der Waals surface area (Å²) in [6, 6.07) is -0.492. The molecule has 0 aromatic rings. The number of hydrogen-bond acceptors (Lipinski definition) is 3. The molecule has 3 nitrogen and oxygen atoms in total. The lowest BCUT2D eigenvalue weighted by atomic mass is 9.88. The number of esters is 1. The molecule has 13 heavy (non-hydrogen) atoms. The summed E-state index contributed by atoms with van der Waals surface area (Å²) in [7, 11) is 0. The molecule has 0 saturated heterocycles. The minimum absolute atomic E-state index is 0.104. The molecule has 0 amide bonds. The lowest BCUT2D eigenvalue weighted by molar-refractivity contribution is -0.154. The van der Waals surface area contributed by atoms with Gasteiger partial charge >= 0.3 is 5.97 Å². The van der Waals surface area contributed by atoms with E-state index in [0.29, 0.717) is 5.92 Å². The summed E-state index contributed by atoms with van der Waals surface area (Å²) in [6.45, 7) is 3.80. The highest BCUT2D eigenvalue weighted by molar-refractivity contribution is 5.75. The Bertz CT molecular complexity index is 180. The van der Waals surface area contributed by atoms with Crippen LogP contribution in [0, 0.1) is 5.92 Å². The predicted molar refractivity (Wildman–Crippen MR) is 51.2 cm³/mol. The molecule has 0 aromatic heterocycles. The second-order valence-corrected chi connectivity index (χ2v) is 4.03. The molecule has 0 radical (unpaired) electrons. The van der Waals surface area contributed by atoms with Crippen molar-refractivity contribution in [1.82, 2.24) is 0 Å². The summed E-state index contributed by atoms with van der Waals surface area (Å²) in [5.74, 6) is 0.232. The maximum Gasteiger partial charge on any atom is 0.322 e. The first kappa shape index (κ1) is 10.5. The van der Waals surface area contributed by atoms with Gasteiger partial charge in [0.25, 0.3) is 0 Å². The van der Waals surface area contributed by atoms with E-state index in [2.05, 4.69) is 6.92 Å². The van der Waals surface area contributed by atoms with E-state index in [4.69, 9.17) is 10.5 Å². The maximum atomic E-state index is 11.2. The average Bonchev–Trinajstić information content (AvgIpc) is 2.08. The molecule has 0 spiro atoms. The van der Waals surface area contributed by atoms with Gasteiger partial charge in [-0.05, 0) is 32.1 Å². The Kier molecular flexibility index (Phi) is 3.72. The van der Waals surface area contributed by atoms with Crippen LogP contribution in [0.4, 0.5) is 0 Å². The molecule has 0 aromatic carbocycles. The fourth-order valence-electron chi connectivity index (χ4n) is 1.71. The third kappa shape index (κ3) is 2.99. The Morgan fingerprint density at radius 2 is 2.08 bits per heavy atom. The van der Waals surface area contributed by atoms with Gasteiger partial charge in [0.1, 0.15) is 12.1 Å². The van der Waals surface area contributed by atoms with Gasteiger partial charge in [-0.25, -0.2) is 0 Å². The third-order valence-corrected chi connectivity index (χ3v) is 2.67. The van der Waals surface area contributed by atoms with Crippen molar-refractivity contribution < 1.29 is 9.53 Å². The normalized spacial score (nSPS) is 31.0. The molecular weight excluding hydrogens is 166 g/mol. The highest BCUT2D eigenvalue weighted by atomic mass is 16.5. The van der Waals surface area contributed by atoms with Crippen LogP contribution in [0.15, 0.2) is 0 Å². The molecule has 0 heterocycles. The minimum Gasteiger partial charge on any atom is -0.461 e. The lowest BCUT2D eigenvalue weighted by Gasteiger charge is -2.28. The Morgan fingerprint density at radius 1 is 1.46 bits per heavy atom. The third-order valence-electron chi connectivity index (χ3n) is 2.67. The van der Waals surface area contributed by atoms with Crippen molar-refractivity contribution in [3.05, 3.63) is 0 Å². The summed E-state index contributed by atoms with van der Waals surface area (Å²) in [5, 5.41) is 0. The maximum absolute atomic E-state index is 11.2. The molecule has 1 aliphatic rings. The van der Waals surface area contributed by atoms with Crippen molar-refractivity contribution in [2.45, 2.75) is 51.7 Å². The van der Waals surface area contributed by atoms with Crippen molar-refractivity contribution in [2.24, 2.45) is 11.7 Å². The van der Waals surface area contributed by atoms with E-state index < -0.39 is 6.04 Å². The zero-order valence-electron chi connectivity index (χ0n) is 8.45. The molecule has 0 unspecified atom stereocenters. The van der Waals surface area contributed by atoms with Crippen LogP contribution in [-0.2, 0) is 9.53 Å². The number of carbonyl (C=O) groups is 1. The largest absolute Gasteiger partial charge is 0.461 e. The molecule has 2 N–H and O–H groups in total. The first-order valence-electron chi connectivity index (χ1n) is 5.07. The van der Waals surface area contributed by atoms with Crippen molar-refractivity contribution in [3.63, 3.8) is 0 Å². The first-order chi connectivity index (χ1) is 6.11. The lowest BCUT2D eigenvalue weighted by Crippen LogP contribution is -2.35. The summed E-state index contributed by atoms with van der Waals surface area (Å²) in [4.78, 5) is 11.2. The van der Waals surface area contributed by atoms with E-state index in [1.165, 1.54) is 12.8 Å². The minimum atomic E-state index is -0.492. The predicted octanol–water partition coefficient (Wildman–Crippen LogP) is 1.46. The van der Waals surface area contributed by atoms with Crippen LogP contribution in [0.25, 0.3) is 0 Å². The highest BCUT2D eigenvalue weighted by Crippen LogP contribution is 2.26. The zero-order chi connectivity index (χ0) is 9.84. The Labute approximate surface area is 79.6 Å². The van der Waals surface area contributed by atoms with Crippen LogP contribution in [0.1, 0.15) is 39.5 Å². The van der Waals surface area contributed by atoms with E-state index >= 15 is 0 Å². The van der Waals surface area contributed by atoms with Gasteiger partial charge in [0.2, 0.25) is 0 Å². The van der Waals surface area contributed by atoms with E-state index in [1.807, 2.05) is 0 Å². The number of ether oxygens (including phenoxy) is 1. The van der Waals surface area contributed by atoms with Gasteiger partial charge in [-0.1, -0.05) is 13.3 Å². The molecule has 3 atom stereocenters. The first-order valence-corrected chi connectivity index (χ1v) is 5.07. The number of nitrogens with two attached hydrogens (primary N) is 1. The average molecular weight is 185 g/mol. The van der Waals surface area contributed by atoms with Crippen LogP contribution < -0.4 is 5.73 Å². The van der Waals surface area contributed by atoms with E-state index in [9.17, 15) is 4.79 Å². The van der Waals surface area contributed by atoms with Gasteiger partial charge in [0, 0.05) is 0 Å². The molecular formula is C10H19NO2. The monoisotopic (exact) mass is 185 g/mol. The zero-order valence-corrected chi connectivity index (χ0v) is 8.45. The molecule has 76 valence electrons. The standard InChI is InChI=1S/C10H19NO2/c1-7-5-3-4-6-9(7)13-10(12)8(2)11/h7-9H,3-6,11H2,1-2H3/t7-,8+,9-/m1/s1. The van der Waals surface area contributed by atoms with Crippen molar-refractivity contribution in [3.8, 4) is 0 Å². The van der Waals surface area contributed by atoms with Crippen molar-refractivity contribution >= 4 is 5.97 Å². The fourth-order valence-corrected chi connectivity index (χ4v) is 1.71. The smallest absolute Gasteiger partial charge is 0.322 e. The highest BCUT2D eigenvalue weighted by Gasteiger charge is 2.25. The molecule has 1 aliphatic carbocycles. The van der Waals surface area contributed by atoms with E-state index in [0.717, 1.165) is 12.8 Å². The second kappa shape index (κ2) is 4.61. The molecule has 1 rings (SSSR count). The topological polar surface area (TPSA) is 52.3 Å². The van der Waals surface area contributed by atoms with Crippen LogP contribution in [0.5, 0.6) is 0 Å². The molecule has 1 fully saturated rings.